The molecule has 2 aliphatic rings. The van der Waals surface area contributed by atoms with Crippen molar-refractivity contribution in [1.82, 2.24) is 10.2 Å². The number of carbonyl (C=O) groups excluding carboxylic acids is 2. The maximum Gasteiger partial charge on any atom is 0.243 e. The number of nitrogens with one attached hydrogen (secondary N) is 1. The minimum absolute atomic E-state index is 0.00786. The van der Waals surface area contributed by atoms with Crippen molar-refractivity contribution < 1.29 is 9.59 Å². The molecule has 1 aromatic carbocycles. The first-order chi connectivity index (χ1) is 11.1. The van der Waals surface area contributed by atoms with Gasteiger partial charge in [-0.3, -0.25) is 9.59 Å². The maximum atomic E-state index is 12.5. The second kappa shape index (κ2) is 6.91. The normalized spacial score (nSPS) is 26.2. The lowest BCUT2D eigenvalue weighted by molar-refractivity contribution is -0.138. The van der Waals surface area contributed by atoms with Crippen molar-refractivity contribution in [2.24, 2.45) is 0 Å². The van der Waals surface area contributed by atoms with Crippen LogP contribution in [0, 0.1) is 0 Å². The first-order valence-corrected chi connectivity index (χ1v) is 8.84. The van der Waals surface area contributed by atoms with Crippen LogP contribution < -0.4 is 5.32 Å². The molecule has 4 nitrogen and oxygen atoms in total. The fourth-order valence-corrected chi connectivity index (χ4v) is 3.72. The third-order valence-electron chi connectivity index (χ3n) is 4.76. The van der Waals surface area contributed by atoms with Crippen LogP contribution in [0.3, 0.4) is 0 Å². The number of hydrogen-bond acceptors (Lipinski definition) is 2. The molecule has 1 aliphatic heterocycles. The minimum Gasteiger partial charge on any atom is -0.351 e. The summed E-state index contributed by atoms with van der Waals surface area (Å²) in [6.07, 6.45) is 3.94. The van der Waals surface area contributed by atoms with E-state index in [4.69, 9.17) is 11.6 Å². The molecule has 0 aromatic heterocycles. The molecular formula is C18H23ClN2O2. The molecule has 1 saturated carbocycles. The number of benzene rings is 1. The number of hydrogen-bond donors (Lipinski definition) is 1. The zero-order chi connectivity index (χ0) is 16.4. The van der Waals surface area contributed by atoms with Crippen LogP contribution >= 0.6 is 11.6 Å². The first-order valence-electron chi connectivity index (χ1n) is 8.46. The Morgan fingerprint density at radius 3 is 2.87 bits per heavy atom. The van der Waals surface area contributed by atoms with Crippen LogP contribution in [0.5, 0.6) is 0 Å². The fourth-order valence-electron chi connectivity index (χ4n) is 3.45. The van der Waals surface area contributed by atoms with Gasteiger partial charge in [0.25, 0.3) is 0 Å². The molecule has 1 aromatic rings. The van der Waals surface area contributed by atoms with Crippen molar-refractivity contribution in [2.45, 2.75) is 57.0 Å². The lowest BCUT2D eigenvalue weighted by atomic mass is 10.1. The van der Waals surface area contributed by atoms with Crippen LogP contribution in [0.4, 0.5) is 0 Å². The van der Waals surface area contributed by atoms with E-state index in [9.17, 15) is 9.59 Å². The average molecular weight is 335 g/mol. The summed E-state index contributed by atoms with van der Waals surface area (Å²) < 4.78 is 0. The average Bonchev–Trinajstić information content (AvgIpc) is 3.10. The number of likely N-dealkylation sites (tertiary alicyclic amines) is 1. The quantitative estimate of drug-likeness (QED) is 0.899. The molecule has 1 N–H and O–H groups in total. The Balaban J connectivity index is 1.58. The van der Waals surface area contributed by atoms with Gasteiger partial charge >= 0.3 is 0 Å². The summed E-state index contributed by atoms with van der Waals surface area (Å²) in [4.78, 5) is 26.4. The highest BCUT2D eigenvalue weighted by molar-refractivity contribution is 6.31. The van der Waals surface area contributed by atoms with Crippen LogP contribution in [0.25, 0.3) is 0 Å². The Morgan fingerprint density at radius 1 is 1.35 bits per heavy atom. The Kier molecular flexibility index (Phi) is 4.90. The van der Waals surface area contributed by atoms with E-state index in [2.05, 4.69) is 5.32 Å². The standard InChI is InChI=1S/C18H23ClN2O2/c1-2-6-17(22)21-10-5-9-16(21)18(23)20-15-11-13(15)12-7-3-4-8-14(12)19/h3-4,7-8,13,15-16H,2,5-6,9-11H2,1H3,(H,20,23). The van der Waals surface area contributed by atoms with Gasteiger partial charge in [-0.25, -0.2) is 0 Å². The Hall–Kier alpha value is -1.55. The van der Waals surface area contributed by atoms with Crippen molar-refractivity contribution in [3.05, 3.63) is 34.9 Å². The lowest BCUT2D eigenvalue weighted by Gasteiger charge is -2.24. The SMILES string of the molecule is CCCC(=O)N1CCCC1C(=O)NC1CC1c1ccccc1Cl. The third-order valence-corrected chi connectivity index (χ3v) is 5.11. The smallest absolute Gasteiger partial charge is 0.243 e. The molecule has 5 heteroatoms. The monoisotopic (exact) mass is 334 g/mol. The first kappa shape index (κ1) is 16.3. The van der Waals surface area contributed by atoms with Gasteiger partial charge in [-0.15, -0.1) is 0 Å². The van der Waals surface area contributed by atoms with E-state index in [0.717, 1.165) is 36.3 Å². The summed E-state index contributed by atoms with van der Waals surface area (Å²) in [5, 5.41) is 3.87. The molecule has 0 spiro atoms. The summed E-state index contributed by atoms with van der Waals surface area (Å²) >= 11 is 6.22. The van der Waals surface area contributed by atoms with Gasteiger partial charge in [-0.05, 0) is 37.3 Å². The number of carbonyl (C=O) groups is 2. The summed E-state index contributed by atoms with van der Waals surface area (Å²) in [7, 11) is 0. The number of halogens is 1. The molecule has 0 radical (unpaired) electrons. The van der Waals surface area contributed by atoms with Gasteiger partial charge < -0.3 is 10.2 Å². The van der Waals surface area contributed by atoms with Gasteiger partial charge in [0.2, 0.25) is 11.8 Å². The lowest BCUT2D eigenvalue weighted by Crippen LogP contribution is -2.46. The Bertz CT molecular complexity index is 604. The molecule has 3 unspecified atom stereocenters. The van der Waals surface area contributed by atoms with E-state index in [0.29, 0.717) is 18.9 Å². The van der Waals surface area contributed by atoms with Gasteiger partial charge in [0.05, 0.1) is 0 Å². The number of rotatable bonds is 5. The predicted octanol–water partition coefficient (Wildman–Crippen LogP) is 3.10. The van der Waals surface area contributed by atoms with Crippen LogP contribution in [0.2, 0.25) is 5.02 Å². The fraction of sp³-hybridized carbons (Fsp3) is 0.556. The molecule has 1 aliphatic carbocycles. The molecule has 2 amide bonds. The predicted molar refractivity (Wildman–Crippen MR) is 90.4 cm³/mol. The van der Waals surface area contributed by atoms with Crippen LogP contribution in [-0.2, 0) is 9.59 Å². The molecule has 0 bridgehead atoms. The van der Waals surface area contributed by atoms with E-state index in [1.807, 2.05) is 31.2 Å². The van der Waals surface area contributed by atoms with E-state index >= 15 is 0 Å². The highest BCUT2D eigenvalue weighted by atomic mass is 35.5. The highest BCUT2D eigenvalue weighted by Crippen LogP contribution is 2.43. The van der Waals surface area contributed by atoms with Crippen LogP contribution in [0.15, 0.2) is 24.3 Å². The van der Waals surface area contributed by atoms with Gasteiger partial charge in [0.15, 0.2) is 0 Å². The highest BCUT2D eigenvalue weighted by Gasteiger charge is 2.43. The van der Waals surface area contributed by atoms with E-state index in [-0.39, 0.29) is 23.9 Å². The summed E-state index contributed by atoms with van der Waals surface area (Å²) in [5.74, 6) is 0.393. The van der Waals surface area contributed by atoms with Gasteiger partial charge in [-0.2, -0.15) is 0 Å². The van der Waals surface area contributed by atoms with Crippen molar-refractivity contribution in [3.8, 4) is 0 Å². The largest absolute Gasteiger partial charge is 0.351 e. The van der Waals surface area contributed by atoms with Crippen molar-refractivity contribution >= 4 is 23.4 Å². The molecule has 1 heterocycles. The van der Waals surface area contributed by atoms with Gasteiger partial charge in [0, 0.05) is 29.9 Å². The van der Waals surface area contributed by atoms with Crippen molar-refractivity contribution in [2.75, 3.05) is 6.54 Å². The van der Waals surface area contributed by atoms with E-state index in [1.54, 1.807) is 4.90 Å². The molecule has 3 rings (SSSR count). The van der Waals surface area contributed by atoms with Gasteiger partial charge in [-0.1, -0.05) is 36.7 Å². The van der Waals surface area contributed by atoms with E-state index in [1.165, 1.54) is 0 Å². The number of amides is 2. The second-order valence-corrected chi connectivity index (χ2v) is 6.88. The molecule has 3 atom stereocenters. The summed E-state index contributed by atoms with van der Waals surface area (Å²) in [5.41, 5.74) is 1.10. The van der Waals surface area contributed by atoms with Gasteiger partial charge in [0.1, 0.15) is 6.04 Å². The summed E-state index contributed by atoms with van der Waals surface area (Å²) in [6.45, 7) is 2.69. The van der Waals surface area contributed by atoms with Crippen LogP contribution in [0.1, 0.15) is 50.5 Å². The topological polar surface area (TPSA) is 49.4 Å². The minimum atomic E-state index is -0.290. The molecular weight excluding hydrogens is 312 g/mol. The Morgan fingerprint density at radius 2 is 2.13 bits per heavy atom. The molecule has 2 fully saturated rings. The zero-order valence-corrected chi connectivity index (χ0v) is 14.2. The Labute approximate surface area is 142 Å². The second-order valence-electron chi connectivity index (χ2n) is 6.47. The molecule has 1 saturated heterocycles. The van der Waals surface area contributed by atoms with Crippen LogP contribution in [-0.4, -0.2) is 35.3 Å². The maximum absolute atomic E-state index is 12.5. The zero-order valence-electron chi connectivity index (χ0n) is 13.4. The third kappa shape index (κ3) is 3.52. The van der Waals surface area contributed by atoms with Crippen molar-refractivity contribution in [1.29, 1.82) is 0 Å². The molecule has 124 valence electrons. The molecule has 23 heavy (non-hydrogen) atoms. The van der Waals surface area contributed by atoms with E-state index < -0.39 is 0 Å². The summed E-state index contributed by atoms with van der Waals surface area (Å²) in [6, 6.07) is 7.65. The van der Waals surface area contributed by atoms with Crippen molar-refractivity contribution in [3.63, 3.8) is 0 Å². The number of nitrogens with zero attached hydrogens (tertiary/aromatic N) is 1.